The fourth-order valence-corrected chi connectivity index (χ4v) is 2.33. The standard InChI is InChI=1S/C12H8Cl3NO/c13-8-2-1-3-9(14)12(8)7-4-10(15)11(6-17)16-5-7/h1-5,17H,6H2. The third-order valence-corrected chi connectivity index (χ3v) is 3.28. The molecule has 0 aliphatic carbocycles. The number of rotatable bonds is 2. The van der Waals surface area contributed by atoms with Gasteiger partial charge in [-0.05, 0) is 18.2 Å². The Bertz CT molecular complexity index is 537. The third kappa shape index (κ3) is 2.55. The van der Waals surface area contributed by atoms with Crippen molar-refractivity contribution in [1.82, 2.24) is 4.98 Å². The number of pyridine rings is 1. The van der Waals surface area contributed by atoms with Gasteiger partial charge in [-0.1, -0.05) is 40.9 Å². The molecule has 0 radical (unpaired) electrons. The number of hydrogen-bond acceptors (Lipinski definition) is 2. The number of nitrogens with zero attached hydrogens (tertiary/aromatic N) is 1. The highest BCUT2D eigenvalue weighted by molar-refractivity contribution is 6.39. The largest absolute Gasteiger partial charge is 0.390 e. The van der Waals surface area contributed by atoms with Crippen LogP contribution in [0.5, 0.6) is 0 Å². The van der Waals surface area contributed by atoms with Gasteiger partial charge >= 0.3 is 0 Å². The van der Waals surface area contributed by atoms with Crippen molar-refractivity contribution in [2.45, 2.75) is 6.61 Å². The maximum atomic E-state index is 8.99. The van der Waals surface area contributed by atoms with Crippen molar-refractivity contribution in [2.75, 3.05) is 0 Å². The predicted molar refractivity (Wildman–Crippen MR) is 70.6 cm³/mol. The van der Waals surface area contributed by atoms with Crippen molar-refractivity contribution < 1.29 is 5.11 Å². The average Bonchev–Trinajstić information content (AvgIpc) is 2.29. The molecule has 0 aliphatic rings. The summed E-state index contributed by atoms with van der Waals surface area (Å²) in [5, 5.41) is 10.4. The first-order valence-corrected chi connectivity index (χ1v) is 5.96. The molecular formula is C12H8Cl3NO. The van der Waals surface area contributed by atoms with Crippen LogP contribution in [0.4, 0.5) is 0 Å². The molecule has 0 saturated heterocycles. The summed E-state index contributed by atoms with van der Waals surface area (Å²) in [6.45, 7) is -0.199. The van der Waals surface area contributed by atoms with Crippen molar-refractivity contribution in [2.24, 2.45) is 0 Å². The van der Waals surface area contributed by atoms with Crippen molar-refractivity contribution in [3.63, 3.8) is 0 Å². The average molecular weight is 289 g/mol. The Balaban J connectivity index is 2.57. The Kier molecular flexibility index (Phi) is 3.89. The highest BCUT2D eigenvalue weighted by Crippen LogP contribution is 2.35. The molecule has 1 aromatic carbocycles. The van der Waals surface area contributed by atoms with Gasteiger partial charge in [0.1, 0.15) is 0 Å². The zero-order valence-electron chi connectivity index (χ0n) is 8.62. The van der Waals surface area contributed by atoms with Crippen LogP contribution >= 0.6 is 34.8 Å². The lowest BCUT2D eigenvalue weighted by atomic mass is 10.1. The minimum atomic E-state index is -0.199. The topological polar surface area (TPSA) is 33.1 Å². The third-order valence-electron chi connectivity index (χ3n) is 2.32. The zero-order valence-corrected chi connectivity index (χ0v) is 10.9. The van der Waals surface area contributed by atoms with Gasteiger partial charge in [-0.25, -0.2) is 0 Å². The van der Waals surface area contributed by atoms with Crippen molar-refractivity contribution in [3.05, 3.63) is 51.2 Å². The summed E-state index contributed by atoms with van der Waals surface area (Å²) >= 11 is 18.1. The van der Waals surface area contributed by atoms with Gasteiger partial charge in [0.25, 0.3) is 0 Å². The van der Waals surface area contributed by atoms with Crippen LogP contribution in [0.15, 0.2) is 30.5 Å². The van der Waals surface area contributed by atoms with Crippen molar-refractivity contribution in [1.29, 1.82) is 0 Å². The van der Waals surface area contributed by atoms with Gasteiger partial charge < -0.3 is 5.11 Å². The van der Waals surface area contributed by atoms with E-state index in [9.17, 15) is 0 Å². The van der Waals surface area contributed by atoms with Crippen LogP contribution in [0.2, 0.25) is 15.1 Å². The van der Waals surface area contributed by atoms with Gasteiger partial charge in [-0.3, -0.25) is 4.98 Å². The van der Waals surface area contributed by atoms with Crippen LogP contribution in [0.3, 0.4) is 0 Å². The number of aromatic nitrogens is 1. The predicted octanol–water partition coefficient (Wildman–Crippen LogP) is 4.20. The Morgan fingerprint density at radius 3 is 2.24 bits per heavy atom. The highest BCUT2D eigenvalue weighted by atomic mass is 35.5. The van der Waals surface area contributed by atoms with E-state index in [-0.39, 0.29) is 6.61 Å². The Hall–Kier alpha value is -0.800. The minimum Gasteiger partial charge on any atom is -0.390 e. The molecule has 88 valence electrons. The maximum absolute atomic E-state index is 8.99. The summed E-state index contributed by atoms with van der Waals surface area (Å²) in [6, 6.07) is 6.95. The molecule has 0 saturated carbocycles. The molecule has 0 spiro atoms. The fourth-order valence-electron chi connectivity index (χ4n) is 1.49. The summed E-state index contributed by atoms with van der Waals surface area (Å²) in [5.74, 6) is 0. The molecule has 0 atom stereocenters. The highest BCUT2D eigenvalue weighted by Gasteiger charge is 2.10. The van der Waals surface area contributed by atoms with E-state index in [2.05, 4.69) is 4.98 Å². The maximum Gasteiger partial charge on any atom is 0.0868 e. The Morgan fingerprint density at radius 1 is 1.06 bits per heavy atom. The SMILES string of the molecule is OCc1ncc(-c2c(Cl)cccc2Cl)cc1Cl. The molecule has 5 heteroatoms. The second-order valence-corrected chi connectivity index (χ2v) is 4.63. The van der Waals surface area contributed by atoms with E-state index in [0.29, 0.717) is 26.3 Å². The monoisotopic (exact) mass is 287 g/mol. The molecule has 1 N–H and O–H groups in total. The van der Waals surface area contributed by atoms with Crippen LogP contribution < -0.4 is 0 Å². The first-order chi connectivity index (χ1) is 8.13. The molecule has 1 heterocycles. The molecule has 0 fully saturated rings. The smallest absolute Gasteiger partial charge is 0.0868 e. The second kappa shape index (κ2) is 5.23. The second-order valence-electron chi connectivity index (χ2n) is 3.41. The molecule has 0 amide bonds. The number of benzene rings is 1. The quantitative estimate of drug-likeness (QED) is 0.898. The van der Waals surface area contributed by atoms with Gasteiger partial charge in [0.05, 0.1) is 17.3 Å². The van der Waals surface area contributed by atoms with Gasteiger partial charge in [0.2, 0.25) is 0 Å². The Labute approximate surface area is 114 Å². The number of halogens is 3. The first-order valence-electron chi connectivity index (χ1n) is 4.83. The van der Waals surface area contributed by atoms with E-state index >= 15 is 0 Å². The van der Waals surface area contributed by atoms with Gasteiger partial charge in [-0.15, -0.1) is 0 Å². The molecule has 2 aromatic rings. The van der Waals surface area contributed by atoms with Crippen molar-refractivity contribution >= 4 is 34.8 Å². The summed E-state index contributed by atoms with van der Waals surface area (Å²) in [5.41, 5.74) is 1.84. The molecule has 0 unspecified atom stereocenters. The molecule has 1 aromatic heterocycles. The first kappa shape index (κ1) is 12.7. The molecular weight excluding hydrogens is 280 g/mol. The van der Waals surface area contributed by atoms with E-state index in [4.69, 9.17) is 39.9 Å². The molecule has 0 aliphatic heterocycles. The van der Waals surface area contributed by atoms with Crippen molar-refractivity contribution in [3.8, 4) is 11.1 Å². The van der Waals surface area contributed by atoms with E-state index < -0.39 is 0 Å². The fraction of sp³-hybridized carbons (Fsp3) is 0.0833. The lowest BCUT2D eigenvalue weighted by Gasteiger charge is -2.08. The van der Waals surface area contributed by atoms with E-state index in [1.807, 2.05) is 0 Å². The molecule has 17 heavy (non-hydrogen) atoms. The van der Waals surface area contributed by atoms with Gasteiger partial charge in [0, 0.05) is 27.4 Å². The van der Waals surface area contributed by atoms with E-state index in [1.54, 1.807) is 30.5 Å². The summed E-state index contributed by atoms with van der Waals surface area (Å²) < 4.78 is 0. The van der Waals surface area contributed by atoms with E-state index in [1.165, 1.54) is 0 Å². The number of aliphatic hydroxyl groups is 1. The minimum absolute atomic E-state index is 0.199. The summed E-state index contributed by atoms with van der Waals surface area (Å²) in [6.07, 6.45) is 1.59. The van der Waals surface area contributed by atoms with Crippen LogP contribution in [-0.4, -0.2) is 10.1 Å². The van der Waals surface area contributed by atoms with Crippen LogP contribution in [0.25, 0.3) is 11.1 Å². The van der Waals surface area contributed by atoms with Gasteiger partial charge in [-0.2, -0.15) is 0 Å². The lowest BCUT2D eigenvalue weighted by molar-refractivity contribution is 0.277. The summed E-state index contributed by atoms with van der Waals surface area (Å²) in [4.78, 5) is 4.06. The summed E-state index contributed by atoms with van der Waals surface area (Å²) in [7, 11) is 0. The lowest BCUT2D eigenvalue weighted by Crippen LogP contribution is -1.92. The van der Waals surface area contributed by atoms with E-state index in [0.717, 1.165) is 5.56 Å². The normalized spacial score (nSPS) is 10.6. The van der Waals surface area contributed by atoms with Gasteiger partial charge in [0.15, 0.2) is 0 Å². The van der Waals surface area contributed by atoms with Crippen LogP contribution in [0, 0.1) is 0 Å². The van der Waals surface area contributed by atoms with Crippen LogP contribution in [-0.2, 0) is 6.61 Å². The molecule has 2 rings (SSSR count). The zero-order chi connectivity index (χ0) is 12.4. The van der Waals surface area contributed by atoms with Crippen LogP contribution in [0.1, 0.15) is 5.69 Å². The number of hydrogen-bond donors (Lipinski definition) is 1. The Morgan fingerprint density at radius 2 is 1.71 bits per heavy atom. The molecule has 0 bridgehead atoms. The number of aliphatic hydroxyl groups excluding tert-OH is 1. The molecule has 2 nitrogen and oxygen atoms in total.